The van der Waals surface area contributed by atoms with Gasteiger partial charge < -0.3 is 14.6 Å². The van der Waals surface area contributed by atoms with E-state index >= 15 is 0 Å². The Kier molecular flexibility index (Phi) is 4.54. The van der Waals surface area contributed by atoms with Gasteiger partial charge in [-0.2, -0.15) is 0 Å². The quantitative estimate of drug-likeness (QED) is 0.637. The van der Waals surface area contributed by atoms with E-state index in [2.05, 4.69) is 5.32 Å². The predicted octanol–water partition coefficient (Wildman–Crippen LogP) is 4.85. The van der Waals surface area contributed by atoms with Crippen LogP contribution in [0.3, 0.4) is 0 Å². The number of piperidine rings is 1. The van der Waals surface area contributed by atoms with Gasteiger partial charge in [-0.3, -0.25) is 9.59 Å². The maximum Gasteiger partial charge on any atom is 0.290 e. The van der Waals surface area contributed by atoms with Crippen LogP contribution < -0.4 is 5.32 Å². The summed E-state index contributed by atoms with van der Waals surface area (Å²) in [5.41, 5.74) is 0.643. The van der Waals surface area contributed by atoms with Gasteiger partial charge in [0.25, 0.3) is 5.91 Å². The van der Waals surface area contributed by atoms with Crippen molar-refractivity contribution >= 4 is 34.4 Å². The summed E-state index contributed by atoms with van der Waals surface area (Å²) in [7, 11) is 0. The second-order valence-electron chi connectivity index (χ2n) is 8.06. The molecule has 0 aliphatic carbocycles. The number of carbonyl (C=O) groups is 2. The van der Waals surface area contributed by atoms with Gasteiger partial charge >= 0.3 is 0 Å². The Hall–Kier alpha value is -2.86. The molecule has 0 bridgehead atoms. The number of rotatable bonds is 2. The minimum atomic E-state index is -0.603. The number of carbonyl (C=O) groups excluding carboxylic acids is 2. The third kappa shape index (κ3) is 3.16. The van der Waals surface area contributed by atoms with E-state index in [4.69, 9.17) is 16.0 Å². The Morgan fingerprint density at radius 1 is 1.20 bits per heavy atom. The number of hydrogen-bond acceptors (Lipinski definition) is 3. The lowest BCUT2D eigenvalue weighted by Crippen LogP contribution is -2.58. The Balaban J connectivity index is 1.58. The maximum atomic E-state index is 14.1. The zero-order valence-corrected chi connectivity index (χ0v) is 16.9. The lowest BCUT2D eigenvalue weighted by molar-refractivity contribution is -0.120. The van der Waals surface area contributed by atoms with Gasteiger partial charge in [-0.1, -0.05) is 23.7 Å². The molecule has 0 radical (unpaired) electrons. The van der Waals surface area contributed by atoms with E-state index in [-0.39, 0.29) is 23.4 Å². The van der Waals surface area contributed by atoms with Crippen molar-refractivity contribution in [2.24, 2.45) is 0 Å². The number of hydrogen-bond donors (Lipinski definition) is 1. The summed E-state index contributed by atoms with van der Waals surface area (Å²) in [6.45, 7) is 0.495. The summed E-state index contributed by atoms with van der Waals surface area (Å²) >= 11 is 6.06. The van der Waals surface area contributed by atoms with Crippen LogP contribution in [0.2, 0.25) is 5.02 Å². The molecule has 1 N–H and O–H groups in total. The van der Waals surface area contributed by atoms with Gasteiger partial charge in [-0.25, -0.2) is 4.39 Å². The molecule has 3 aromatic rings. The topological polar surface area (TPSA) is 62.6 Å². The van der Waals surface area contributed by atoms with Gasteiger partial charge in [-0.15, -0.1) is 0 Å². The molecule has 1 aromatic heterocycles. The molecule has 5 rings (SSSR count). The number of benzene rings is 2. The highest BCUT2D eigenvalue weighted by Gasteiger charge is 2.51. The Bertz CT molecular complexity index is 1160. The lowest BCUT2D eigenvalue weighted by atomic mass is 9.76. The monoisotopic (exact) mass is 426 g/mol. The first-order chi connectivity index (χ1) is 14.4. The molecule has 2 aliphatic rings. The van der Waals surface area contributed by atoms with E-state index in [0.717, 1.165) is 18.2 Å². The SMILES string of the molecule is O=C1CC[C@]2(CCCN(C(=O)c3cc4cc(Cl)ccc4o3)[C@@H]2c2cccc(F)c2)N1. The fraction of sp³-hybridized carbons (Fsp3) is 0.304. The summed E-state index contributed by atoms with van der Waals surface area (Å²) in [6, 6.07) is 12.7. The van der Waals surface area contributed by atoms with Crippen LogP contribution >= 0.6 is 11.6 Å². The zero-order chi connectivity index (χ0) is 20.9. The second kappa shape index (κ2) is 7.13. The van der Waals surface area contributed by atoms with E-state index in [1.54, 1.807) is 35.2 Å². The summed E-state index contributed by atoms with van der Waals surface area (Å²) < 4.78 is 19.9. The number of likely N-dealkylation sites (tertiary alicyclic amines) is 1. The number of fused-ring (bicyclic) bond motifs is 1. The molecule has 154 valence electrons. The molecule has 0 saturated carbocycles. The normalized spacial score (nSPS) is 23.9. The first kappa shape index (κ1) is 19.1. The van der Waals surface area contributed by atoms with Crippen molar-refractivity contribution < 1.29 is 18.4 Å². The molecule has 2 saturated heterocycles. The lowest BCUT2D eigenvalue weighted by Gasteiger charge is -2.48. The molecule has 2 aliphatic heterocycles. The first-order valence-corrected chi connectivity index (χ1v) is 10.4. The third-order valence-corrected chi connectivity index (χ3v) is 6.39. The fourth-order valence-corrected chi connectivity index (χ4v) is 5.10. The minimum Gasteiger partial charge on any atom is -0.451 e. The average Bonchev–Trinajstić information content (AvgIpc) is 3.30. The number of nitrogens with zero attached hydrogens (tertiary/aromatic N) is 1. The van der Waals surface area contributed by atoms with Crippen LogP contribution in [-0.4, -0.2) is 28.8 Å². The van der Waals surface area contributed by atoms with Crippen LogP contribution in [0.15, 0.2) is 52.9 Å². The van der Waals surface area contributed by atoms with Crippen molar-refractivity contribution in [1.29, 1.82) is 0 Å². The van der Waals surface area contributed by atoms with Crippen LogP contribution in [0.4, 0.5) is 4.39 Å². The molecular weight excluding hydrogens is 407 g/mol. The highest BCUT2D eigenvalue weighted by atomic mass is 35.5. The van der Waals surface area contributed by atoms with Crippen molar-refractivity contribution in [1.82, 2.24) is 10.2 Å². The molecule has 30 heavy (non-hydrogen) atoms. The molecule has 2 aromatic carbocycles. The van der Waals surface area contributed by atoms with Gasteiger partial charge in [0, 0.05) is 23.4 Å². The average molecular weight is 427 g/mol. The number of amides is 2. The zero-order valence-electron chi connectivity index (χ0n) is 16.2. The van der Waals surface area contributed by atoms with Crippen molar-refractivity contribution in [2.45, 2.75) is 37.3 Å². The number of furan rings is 1. The molecule has 2 atom stereocenters. The summed E-state index contributed by atoms with van der Waals surface area (Å²) in [5.74, 6) is -0.487. The summed E-state index contributed by atoms with van der Waals surface area (Å²) in [6.07, 6.45) is 2.48. The highest BCUT2D eigenvalue weighted by Crippen LogP contribution is 2.45. The predicted molar refractivity (Wildman–Crippen MR) is 111 cm³/mol. The van der Waals surface area contributed by atoms with E-state index in [1.165, 1.54) is 12.1 Å². The third-order valence-electron chi connectivity index (χ3n) is 6.16. The van der Waals surface area contributed by atoms with Gasteiger partial charge in [0.05, 0.1) is 11.6 Å². The molecule has 5 nitrogen and oxygen atoms in total. The van der Waals surface area contributed by atoms with Gasteiger partial charge in [0.1, 0.15) is 11.4 Å². The summed E-state index contributed by atoms with van der Waals surface area (Å²) in [4.78, 5) is 27.4. The first-order valence-electron chi connectivity index (χ1n) is 10.0. The smallest absolute Gasteiger partial charge is 0.290 e. The number of halogens is 2. The van der Waals surface area contributed by atoms with Gasteiger partial charge in [0.2, 0.25) is 5.91 Å². The van der Waals surface area contributed by atoms with Crippen LogP contribution in [0, 0.1) is 5.82 Å². The molecule has 2 fully saturated rings. The van der Waals surface area contributed by atoms with Crippen molar-refractivity contribution in [3.63, 3.8) is 0 Å². The summed E-state index contributed by atoms with van der Waals surface area (Å²) in [5, 5.41) is 4.41. The van der Waals surface area contributed by atoms with Gasteiger partial charge in [-0.05, 0) is 61.2 Å². The van der Waals surface area contributed by atoms with E-state index < -0.39 is 11.6 Å². The van der Waals surface area contributed by atoms with Crippen LogP contribution in [0.5, 0.6) is 0 Å². The molecule has 2 amide bonds. The Morgan fingerprint density at radius 2 is 2.07 bits per heavy atom. The van der Waals surface area contributed by atoms with Crippen LogP contribution in [0.25, 0.3) is 11.0 Å². The molecular formula is C23H20ClFN2O3. The molecule has 1 spiro atoms. The van der Waals surface area contributed by atoms with Crippen molar-refractivity contribution in [2.75, 3.05) is 6.54 Å². The van der Waals surface area contributed by atoms with E-state index in [9.17, 15) is 14.0 Å². The van der Waals surface area contributed by atoms with Crippen molar-refractivity contribution in [3.05, 3.63) is 70.7 Å². The van der Waals surface area contributed by atoms with E-state index in [1.807, 2.05) is 6.07 Å². The van der Waals surface area contributed by atoms with E-state index in [0.29, 0.717) is 35.6 Å². The molecule has 0 unspecified atom stereocenters. The Labute approximate surface area is 177 Å². The van der Waals surface area contributed by atoms with Gasteiger partial charge in [0.15, 0.2) is 5.76 Å². The van der Waals surface area contributed by atoms with Crippen LogP contribution in [0.1, 0.15) is 47.8 Å². The fourth-order valence-electron chi connectivity index (χ4n) is 4.92. The highest BCUT2D eigenvalue weighted by molar-refractivity contribution is 6.31. The maximum absolute atomic E-state index is 14.1. The largest absolute Gasteiger partial charge is 0.451 e. The van der Waals surface area contributed by atoms with Crippen molar-refractivity contribution in [3.8, 4) is 0 Å². The Morgan fingerprint density at radius 3 is 2.83 bits per heavy atom. The molecule has 3 heterocycles. The molecule has 7 heteroatoms. The minimum absolute atomic E-state index is 0.0379. The number of nitrogens with one attached hydrogen (secondary N) is 1. The standard InChI is InChI=1S/C23H20ClFN2O3/c24-16-5-6-18-15(11-16)13-19(30-18)22(29)27-10-2-8-23(9-7-20(28)26-23)21(27)14-3-1-4-17(25)12-14/h1,3-6,11-13,21H,2,7-10H2,(H,26,28)/t21-,23+/m1/s1. The second-order valence-corrected chi connectivity index (χ2v) is 8.49. The van der Waals surface area contributed by atoms with Crippen LogP contribution in [-0.2, 0) is 4.79 Å².